The first-order valence-electron chi connectivity index (χ1n) is 3.84. The van der Waals surface area contributed by atoms with Gasteiger partial charge in [0.1, 0.15) is 0 Å². The van der Waals surface area contributed by atoms with Crippen LogP contribution >= 0.6 is 11.6 Å². The highest BCUT2D eigenvalue weighted by atomic mass is 35.5. The molecule has 2 nitrogen and oxygen atoms in total. The van der Waals surface area contributed by atoms with Crippen LogP contribution in [0.2, 0.25) is 5.02 Å². The largest absolute Gasteiger partial charge is 0.490 e. The Morgan fingerprint density at radius 3 is 2.75 bits per heavy atom. The molecular weight excluding hydrogens is 174 g/mol. The molecule has 1 aromatic rings. The van der Waals surface area contributed by atoms with E-state index in [4.69, 9.17) is 22.1 Å². The molecule has 0 saturated carbocycles. The molecule has 0 amide bonds. The van der Waals surface area contributed by atoms with Gasteiger partial charge < -0.3 is 10.5 Å². The fourth-order valence-electron chi connectivity index (χ4n) is 0.960. The van der Waals surface area contributed by atoms with E-state index >= 15 is 0 Å². The molecule has 1 rings (SSSR count). The van der Waals surface area contributed by atoms with Crippen LogP contribution in [0.3, 0.4) is 0 Å². The lowest BCUT2D eigenvalue weighted by molar-refractivity contribution is 0.342. The van der Waals surface area contributed by atoms with Crippen molar-refractivity contribution < 1.29 is 4.74 Å². The molecule has 0 aliphatic carbocycles. The maximum Gasteiger partial charge on any atom is 0.160 e. The normalized spacial score (nSPS) is 9.92. The average molecular weight is 186 g/mol. The van der Waals surface area contributed by atoms with Crippen molar-refractivity contribution in [3.63, 3.8) is 0 Å². The van der Waals surface area contributed by atoms with Crippen LogP contribution < -0.4 is 10.5 Å². The molecular formula is C9H12ClNO. The molecule has 0 aromatic heterocycles. The second-order valence-electron chi connectivity index (χ2n) is 2.55. The van der Waals surface area contributed by atoms with Crippen molar-refractivity contribution in [1.82, 2.24) is 0 Å². The van der Waals surface area contributed by atoms with Gasteiger partial charge in [0.2, 0.25) is 0 Å². The summed E-state index contributed by atoms with van der Waals surface area (Å²) < 4.78 is 5.29. The molecule has 0 bridgehead atoms. The molecule has 0 atom stereocenters. The van der Waals surface area contributed by atoms with Crippen molar-refractivity contribution in [1.29, 1.82) is 0 Å². The Hall–Kier alpha value is -0.890. The van der Waals surface area contributed by atoms with Gasteiger partial charge in [-0.15, -0.1) is 0 Å². The molecule has 0 radical (unpaired) electrons. The van der Waals surface area contributed by atoms with E-state index in [0.29, 0.717) is 23.1 Å². The zero-order valence-electron chi connectivity index (χ0n) is 7.23. The molecule has 12 heavy (non-hydrogen) atoms. The van der Waals surface area contributed by atoms with Gasteiger partial charge in [-0.05, 0) is 25.5 Å². The first-order valence-corrected chi connectivity index (χ1v) is 4.22. The van der Waals surface area contributed by atoms with Crippen molar-refractivity contribution in [3.05, 3.63) is 22.7 Å². The lowest BCUT2D eigenvalue weighted by Gasteiger charge is -2.09. The van der Waals surface area contributed by atoms with Crippen LogP contribution in [0, 0.1) is 6.92 Å². The Bertz CT molecular complexity index is 286. The number of hydrogen-bond donors (Lipinski definition) is 1. The minimum atomic E-state index is 0.577. The van der Waals surface area contributed by atoms with Gasteiger partial charge in [0.05, 0.1) is 17.3 Å². The van der Waals surface area contributed by atoms with Crippen LogP contribution in [0.25, 0.3) is 0 Å². The minimum Gasteiger partial charge on any atom is -0.490 e. The number of aryl methyl sites for hydroxylation is 1. The SMILES string of the molecule is CCOc1c(N)ccc(C)c1Cl. The molecule has 0 unspecified atom stereocenters. The van der Waals surface area contributed by atoms with E-state index in [0.717, 1.165) is 5.56 Å². The summed E-state index contributed by atoms with van der Waals surface area (Å²) in [6.07, 6.45) is 0. The number of rotatable bonds is 2. The summed E-state index contributed by atoms with van der Waals surface area (Å²) in [5.41, 5.74) is 7.24. The lowest BCUT2D eigenvalue weighted by atomic mass is 10.2. The highest BCUT2D eigenvalue weighted by Gasteiger charge is 2.07. The number of hydrogen-bond acceptors (Lipinski definition) is 2. The Balaban J connectivity index is 3.14. The number of anilines is 1. The summed E-state index contributed by atoms with van der Waals surface area (Å²) in [5.74, 6) is 0.596. The van der Waals surface area contributed by atoms with Crippen molar-refractivity contribution >= 4 is 17.3 Å². The third kappa shape index (κ3) is 1.64. The molecule has 0 saturated heterocycles. The number of ether oxygens (including phenoxy) is 1. The molecule has 0 aliphatic heterocycles. The molecule has 0 aliphatic rings. The van der Waals surface area contributed by atoms with E-state index in [1.54, 1.807) is 6.07 Å². The van der Waals surface area contributed by atoms with Gasteiger partial charge in [0.25, 0.3) is 0 Å². The first kappa shape index (κ1) is 9.20. The first-order chi connectivity index (χ1) is 5.66. The molecule has 66 valence electrons. The van der Waals surface area contributed by atoms with Crippen LogP contribution in [0.5, 0.6) is 5.75 Å². The quantitative estimate of drug-likeness (QED) is 0.719. The maximum absolute atomic E-state index is 5.97. The Kier molecular flexibility index (Phi) is 2.82. The number of halogens is 1. The van der Waals surface area contributed by atoms with Gasteiger partial charge in [0.15, 0.2) is 5.75 Å². The second kappa shape index (κ2) is 3.68. The Labute approximate surface area is 77.3 Å². The third-order valence-corrected chi connectivity index (χ3v) is 2.08. The van der Waals surface area contributed by atoms with E-state index in [2.05, 4.69) is 0 Å². The highest BCUT2D eigenvalue weighted by molar-refractivity contribution is 6.33. The Morgan fingerprint density at radius 2 is 2.17 bits per heavy atom. The van der Waals surface area contributed by atoms with Crippen molar-refractivity contribution in [2.24, 2.45) is 0 Å². The molecule has 2 N–H and O–H groups in total. The Morgan fingerprint density at radius 1 is 1.50 bits per heavy atom. The van der Waals surface area contributed by atoms with Crippen molar-refractivity contribution in [2.45, 2.75) is 13.8 Å². The number of benzene rings is 1. The van der Waals surface area contributed by atoms with Crippen LogP contribution in [0.4, 0.5) is 5.69 Å². The van der Waals surface area contributed by atoms with E-state index in [1.807, 2.05) is 19.9 Å². The van der Waals surface area contributed by atoms with Gasteiger partial charge in [-0.25, -0.2) is 0 Å². The molecule has 0 spiro atoms. The van der Waals surface area contributed by atoms with Gasteiger partial charge >= 0.3 is 0 Å². The topological polar surface area (TPSA) is 35.2 Å². The molecule has 3 heteroatoms. The second-order valence-corrected chi connectivity index (χ2v) is 2.93. The predicted octanol–water partition coefficient (Wildman–Crippen LogP) is 2.63. The summed E-state index contributed by atoms with van der Waals surface area (Å²) >= 11 is 5.97. The number of nitrogens with two attached hydrogens (primary N) is 1. The van der Waals surface area contributed by atoms with Crippen LogP contribution in [0.15, 0.2) is 12.1 Å². The van der Waals surface area contributed by atoms with Gasteiger partial charge in [-0.1, -0.05) is 17.7 Å². The van der Waals surface area contributed by atoms with Gasteiger partial charge in [-0.2, -0.15) is 0 Å². The fourth-order valence-corrected chi connectivity index (χ4v) is 1.19. The maximum atomic E-state index is 5.97. The van der Waals surface area contributed by atoms with Crippen LogP contribution in [-0.4, -0.2) is 6.61 Å². The van der Waals surface area contributed by atoms with E-state index in [9.17, 15) is 0 Å². The fraction of sp³-hybridized carbons (Fsp3) is 0.333. The molecule has 1 aromatic carbocycles. The monoisotopic (exact) mass is 185 g/mol. The summed E-state index contributed by atoms with van der Waals surface area (Å²) in [4.78, 5) is 0. The summed E-state index contributed by atoms with van der Waals surface area (Å²) in [6, 6.07) is 3.67. The van der Waals surface area contributed by atoms with Crippen molar-refractivity contribution in [3.8, 4) is 5.75 Å². The van der Waals surface area contributed by atoms with E-state index in [1.165, 1.54) is 0 Å². The standard InChI is InChI=1S/C9H12ClNO/c1-3-12-9-7(11)5-4-6(2)8(9)10/h4-5H,3,11H2,1-2H3. The summed E-state index contributed by atoms with van der Waals surface area (Å²) in [5, 5.41) is 0.608. The minimum absolute atomic E-state index is 0.577. The number of nitrogen functional groups attached to an aromatic ring is 1. The molecule has 0 fully saturated rings. The van der Waals surface area contributed by atoms with Crippen LogP contribution in [-0.2, 0) is 0 Å². The summed E-state index contributed by atoms with van der Waals surface area (Å²) in [7, 11) is 0. The smallest absolute Gasteiger partial charge is 0.160 e. The zero-order chi connectivity index (χ0) is 9.14. The van der Waals surface area contributed by atoms with Crippen molar-refractivity contribution in [2.75, 3.05) is 12.3 Å². The third-order valence-electron chi connectivity index (χ3n) is 1.61. The van der Waals surface area contributed by atoms with Crippen LogP contribution in [0.1, 0.15) is 12.5 Å². The van der Waals surface area contributed by atoms with Gasteiger partial charge in [0, 0.05) is 0 Å². The summed E-state index contributed by atoms with van der Waals surface area (Å²) in [6.45, 7) is 4.40. The van der Waals surface area contributed by atoms with E-state index < -0.39 is 0 Å². The molecule has 0 heterocycles. The predicted molar refractivity (Wildman–Crippen MR) is 51.8 cm³/mol. The zero-order valence-corrected chi connectivity index (χ0v) is 7.98. The van der Waals surface area contributed by atoms with Gasteiger partial charge in [-0.3, -0.25) is 0 Å². The highest BCUT2D eigenvalue weighted by Crippen LogP contribution is 2.33. The van der Waals surface area contributed by atoms with E-state index in [-0.39, 0.29) is 0 Å². The average Bonchev–Trinajstić information content (AvgIpc) is 2.06. The lowest BCUT2D eigenvalue weighted by Crippen LogP contribution is -1.98.